The van der Waals surface area contributed by atoms with Crippen LogP contribution in [0.15, 0.2) is 60.0 Å². The van der Waals surface area contributed by atoms with Crippen molar-refractivity contribution in [1.29, 1.82) is 0 Å². The van der Waals surface area contributed by atoms with Crippen LogP contribution in [0.2, 0.25) is 0 Å². The second-order valence-corrected chi connectivity index (χ2v) is 8.22. The number of likely N-dealkylation sites (tertiary alicyclic amines) is 1. The number of benzene rings is 2. The molecule has 1 aliphatic rings. The fraction of sp³-hybridized carbons (Fsp3) is 0.261. The molecule has 0 aliphatic carbocycles. The molecule has 9 heteroatoms. The van der Waals surface area contributed by atoms with Gasteiger partial charge in [-0.2, -0.15) is 8.78 Å². The van der Waals surface area contributed by atoms with Crippen LogP contribution >= 0.6 is 11.3 Å². The third kappa shape index (κ3) is 5.11. The number of carbonyl (C=O) groups excluding carboxylic acids is 2. The van der Waals surface area contributed by atoms with Gasteiger partial charge in [-0.3, -0.25) is 9.59 Å². The zero-order chi connectivity index (χ0) is 22.5. The van der Waals surface area contributed by atoms with Crippen LogP contribution in [-0.2, 0) is 4.79 Å². The molecule has 0 spiro atoms. The zero-order valence-electron chi connectivity index (χ0n) is 17.0. The maximum Gasteiger partial charge on any atom is 0.387 e. The van der Waals surface area contributed by atoms with Crippen LogP contribution in [0.1, 0.15) is 23.2 Å². The molecule has 1 atom stereocenters. The lowest BCUT2D eigenvalue weighted by atomic mass is 9.96. The zero-order valence-corrected chi connectivity index (χ0v) is 17.9. The Morgan fingerprint density at radius 3 is 2.66 bits per heavy atom. The molecule has 1 fully saturated rings. The fourth-order valence-electron chi connectivity index (χ4n) is 3.67. The number of nitrogens with one attached hydrogen (secondary N) is 1. The standard InChI is InChI=1S/C23H21F2N3O3S/c24-22(25)31-19-11-5-4-10-17(19)21(30)28-12-6-9-16(13-28)20(29)27-23-26-18(14-32-23)15-7-2-1-3-8-15/h1-5,7-8,10-11,14,16,22H,6,9,12-13H2,(H,26,27,29). The molecule has 4 rings (SSSR count). The summed E-state index contributed by atoms with van der Waals surface area (Å²) >= 11 is 1.34. The number of hydrogen-bond donors (Lipinski definition) is 1. The third-order valence-electron chi connectivity index (χ3n) is 5.22. The molecule has 1 saturated heterocycles. The lowest BCUT2D eigenvalue weighted by Crippen LogP contribution is -2.43. The highest BCUT2D eigenvalue weighted by Crippen LogP contribution is 2.28. The van der Waals surface area contributed by atoms with E-state index in [0.717, 1.165) is 11.3 Å². The van der Waals surface area contributed by atoms with Crippen molar-refractivity contribution in [3.63, 3.8) is 0 Å². The van der Waals surface area contributed by atoms with Crippen molar-refractivity contribution in [1.82, 2.24) is 9.88 Å². The van der Waals surface area contributed by atoms with Crippen molar-refractivity contribution < 1.29 is 23.1 Å². The molecule has 0 radical (unpaired) electrons. The normalized spacial score (nSPS) is 16.1. The van der Waals surface area contributed by atoms with Crippen LogP contribution in [-0.4, -0.2) is 41.4 Å². The Morgan fingerprint density at radius 1 is 1.12 bits per heavy atom. The van der Waals surface area contributed by atoms with E-state index >= 15 is 0 Å². The minimum absolute atomic E-state index is 0.0567. The molecular weight excluding hydrogens is 436 g/mol. The number of hydrogen-bond acceptors (Lipinski definition) is 5. The molecule has 2 amide bonds. The van der Waals surface area contributed by atoms with E-state index in [-0.39, 0.29) is 23.8 Å². The van der Waals surface area contributed by atoms with Crippen LogP contribution in [0.3, 0.4) is 0 Å². The number of ether oxygens (including phenoxy) is 1. The Kier molecular flexibility index (Phi) is 6.75. The summed E-state index contributed by atoms with van der Waals surface area (Å²) in [4.78, 5) is 31.8. The average molecular weight is 458 g/mol. The number of anilines is 1. The summed E-state index contributed by atoms with van der Waals surface area (Å²) in [5, 5.41) is 5.22. The summed E-state index contributed by atoms with van der Waals surface area (Å²) < 4.78 is 29.9. The van der Waals surface area contributed by atoms with Gasteiger partial charge in [-0.05, 0) is 25.0 Å². The van der Waals surface area contributed by atoms with E-state index in [1.165, 1.54) is 34.4 Å². The molecule has 32 heavy (non-hydrogen) atoms. The van der Waals surface area contributed by atoms with E-state index in [2.05, 4.69) is 15.0 Å². The summed E-state index contributed by atoms with van der Waals surface area (Å²) in [7, 11) is 0. The Labute approximate surface area is 187 Å². The minimum Gasteiger partial charge on any atom is -0.434 e. The summed E-state index contributed by atoms with van der Waals surface area (Å²) in [5.74, 6) is -1.23. The van der Waals surface area contributed by atoms with Crippen molar-refractivity contribution in [2.45, 2.75) is 19.5 Å². The molecule has 6 nitrogen and oxygen atoms in total. The number of piperidine rings is 1. The van der Waals surface area contributed by atoms with E-state index in [1.54, 1.807) is 6.07 Å². The Morgan fingerprint density at radius 2 is 1.88 bits per heavy atom. The molecule has 3 aromatic rings. The van der Waals surface area contributed by atoms with Gasteiger partial charge in [0.25, 0.3) is 5.91 Å². The van der Waals surface area contributed by atoms with Crippen molar-refractivity contribution >= 4 is 28.3 Å². The smallest absolute Gasteiger partial charge is 0.387 e. The number of para-hydroxylation sites is 1. The molecule has 2 aromatic carbocycles. The first-order valence-corrected chi connectivity index (χ1v) is 11.0. The fourth-order valence-corrected chi connectivity index (χ4v) is 4.39. The summed E-state index contributed by atoms with van der Waals surface area (Å²) in [5.41, 5.74) is 1.80. The van der Waals surface area contributed by atoms with Gasteiger partial charge in [0.2, 0.25) is 5.91 Å². The highest BCUT2D eigenvalue weighted by molar-refractivity contribution is 7.14. The highest BCUT2D eigenvalue weighted by Gasteiger charge is 2.30. The van der Waals surface area contributed by atoms with Crippen molar-refractivity contribution in [3.8, 4) is 17.0 Å². The third-order valence-corrected chi connectivity index (χ3v) is 5.97. The molecule has 1 unspecified atom stereocenters. The van der Waals surface area contributed by atoms with Crippen LogP contribution in [0.5, 0.6) is 5.75 Å². The maximum absolute atomic E-state index is 12.9. The molecule has 1 aromatic heterocycles. The summed E-state index contributed by atoms with van der Waals surface area (Å²) in [6.45, 7) is -2.38. The van der Waals surface area contributed by atoms with Gasteiger partial charge >= 0.3 is 6.61 Å². The van der Waals surface area contributed by atoms with Gasteiger partial charge in [-0.15, -0.1) is 11.3 Å². The first kappa shape index (κ1) is 21.9. The number of halogens is 2. The number of aromatic nitrogens is 1. The second-order valence-electron chi connectivity index (χ2n) is 7.36. The van der Waals surface area contributed by atoms with Gasteiger partial charge in [-0.1, -0.05) is 42.5 Å². The second kappa shape index (κ2) is 9.86. The minimum atomic E-state index is -3.03. The van der Waals surface area contributed by atoms with Gasteiger partial charge < -0.3 is 15.0 Å². The number of amides is 2. The van der Waals surface area contributed by atoms with Gasteiger partial charge in [-0.25, -0.2) is 4.98 Å². The Hall–Kier alpha value is -3.33. The summed E-state index contributed by atoms with van der Waals surface area (Å²) in [6, 6.07) is 15.6. The lowest BCUT2D eigenvalue weighted by Gasteiger charge is -2.32. The van der Waals surface area contributed by atoms with E-state index in [0.29, 0.717) is 24.5 Å². The van der Waals surface area contributed by atoms with Gasteiger partial charge in [0, 0.05) is 24.0 Å². The molecular formula is C23H21F2N3O3S. The monoisotopic (exact) mass is 457 g/mol. The van der Waals surface area contributed by atoms with Crippen LogP contribution in [0, 0.1) is 5.92 Å². The Bertz CT molecular complexity index is 1090. The van der Waals surface area contributed by atoms with Crippen LogP contribution < -0.4 is 10.1 Å². The number of nitrogens with zero attached hydrogens (tertiary/aromatic N) is 2. The van der Waals surface area contributed by atoms with Crippen molar-refractivity contribution in [2.24, 2.45) is 5.92 Å². The molecule has 0 bridgehead atoms. The predicted octanol–water partition coefficient (Wildman–Crippen LogP) is 4.90. The molecule has 0 saturated carbocycles. The van der Waals surface area contributed by atoms with E-state index < -0.39 is 18.4 Å². The molecule has 1 aliphatic heterocycles. The van der Waals surface area contributed by atoms with Crippen LogP contribution in [0.25, 0.3) is 11.3 Å². The number of thiazole rings is 1. The molecule has 166 valence electrons. The first-order valence-electron chi connectivity index (χ1n) is 10.2. The lowest BCUT2D eigenvalue weighted by molar-refractivity contribution is -0.121. The highest BCUT2D eigenvalue weighted by atomic mass is 32.1. The van der Waals surface area contributed by atoms with E-state index in [1.807, 2.05) is 35.7 Å². The Balaban J connectivity index is 1.41. The maximum atomic E-state index is 12.9. The van der Waals surface area contributed by atoms with Crippen LogP contribution in [0.4, 0.5) is 13.9 Å². The quantitative estimate of drug-likeness (QED) is 0.571. The van der Waals surface area contributed by atoms with Gasteiger partial charge in [0.05, 0.1) is 17.2 Å². The number of rotatable bonds is 6. The number of carbonyl (C=O) groups is 2. The van der Waals surface area contributed by atoms with Crippen molar-refractivity contribution in [3.05, 3.63) is 65.5 Å². The predicted molar refractivity (Wildman–Crippen MR) is 118 cm³/mol. The largest absolute Gasteiger partial charge is 0.434 e. The van der Waals surface area contributed by atoms with Gasteiger partial charge in [0.15, 0.2) is 5.13 Å². The molecule has 1 N–H and O–H groups in total. The van der Waals surface area contributed by atoms with E-state index in [4.69, 9.17) is 0 Å². The molecule has 2 heterocycles. The SMILES string of the molecule is O=C(Nc1nc(-c2ccccc2)cs1)C1CCCN(C(=O)c2ccccc2OC(F)F)C1. The van der Waals surface area contributed by atoms with Crippen molar-refractivity contribution in [2.75, 3.05) is 18.4 Å². The first-order chi connectivity index (χ1) is 15.5. The average Bonchev–Trinajstić information content (AvgIpc) is 3.28. The van der Waals surface area contributed by atoms with E-state index in [9.17, 15) is 18.4 Å². The topological polar surface area (TPSA) is 71.5 Å². The number of alkyl halides is 2. The summed E-state index contributed by atoms with van der Waals surface area (Å²) in [6.07, 6.45) is 1.26. The van der Waals surface area contributed by atoms with Gasteiger partial charge in [0.1, 0.15) is 5.75 Å².